The van der Waals surface area contributed by atoms with Crippen LogP contribution in [0.5, 0.6) is 0 Å². The number of aliphatic carboxylic acids is 1. The van der Waals surface area contributed by atoms with E-state index in [0.29, 0.717) is 12.3 Å². The molecule has 0 radical (unpaired) electrons. The lowest BCUT2D eigenvalue weighted by molar-refractivity contribution is -0.145. The van der Waals surface area contributed by atoms with Crippen molar-refractivity contribution < 1.29 is 9.90 Å². The molecule has 2 aliphatic rings. The van der Waals surface area contributed by atoms with Gasteiger partial charge in [0.15, 0.2) is 0 Å². The Balaban J connectivity index is 2.17. The van der Waals surface area contributed by atoms with Crippen molar-refractivity contribution in [3.63, 3.8) is 0 Å². The Kier molecular flexibility index (Phi) is 2.68. The standard InChI is InChI=1S/C12H17NO2/c13-8-12-6-2-1-3-10(12)5-4-9(7-12)11(14)15/h9-10H,1-7H2,(H,14,15). The molecule has 15 heavy (non-hydrogen) atoms. The third-order valence-electron chi connectivity index (χ3n) is 4.25. The maximum atomic E-state index is 11.0. The molecule has 0 bridgehead atoms. The maximum absolute atomic E-state index is 11.0. The van der Waals surface area contributed by atoms with E-state index in [9.17, 15) is 10.1 Å². The summed E-state index contributed by atoms with van der Waals surface area (Å²) < 4.78 is 0. The van der Waals surface area contributed by atoms with Gasteiger partial charge in [0.1, 0.15) is 0 Å². The maximum Gasteiger partial charge on any atom is 0.306 e. The Hall–Kier alpha value is -1.04. The van der Waals surface area contributed by atoms with Crippen LogP contribution in [0.15, 0.2) is 0 Å². The zero-order valence-electron chi connectivity index (χ0n) is 8.91. The predicted molar refractivity (Wildman–Crippen MR) is 55.0 cm³/mol. The number of carboxylic acids is 1. The van der Waals surface area contributed by atoms with Gasteiger partial charge in [0.2, 0.25) is 0 Å². The van der Waals surface area contributed by atoms with Crippen molar-refractivity contribution in [3.05, 3.63) is 0 Å². The van der Waals surface area contributed by atoms with Gasteiger partial charge >= 0.3 is 5.97 Å². The van der Waals surface area contributed by atoms with E-state index in [4.69, 9.17) is 5.11 Å². The van der Waals surface area contributed by atoms with Crippen LogP contribution in [0.4, 0.5) is 0 Å². The van der Waals surface area contributed by atoms with Crippen molar-refractivity contribution >= 4 is 5.97 Å². The minimum atomic E-state index is -0.714. The lowest BCUT2D eigenvalue weighted by atomic mass is 9.58. The van der Waals surface area contributed by atoms with Gasteiger partial charge in [-0.05, 0) is 38.0 Å². The lowest BCUT2D eigenvalue weighted by Gasteiger charge is -2.44. The number of hydrogen-bond acceptors (Lipinski definition) is 2. The average Bonchev–Trinajstić information content (AvgIpc) is 2.28. The van der Waals surface area contributed by atoms with Gasteiger partial charge in [0.25, 0.3) is 0 Å². The third-order valence-corrected chi connectivity index (χ3v) is 4.25. The van der Waals surface area contributed by atoms with Crippen LogP contribution in [0, 0.1) is 28.6 Å². The largest absolute Gasteiger partial charge is 0.481 e. The minimum Gasteiger partial charge on any atom is -0.481 e. The topological polar surface area (TPSA) is 61.1 Å². The van der Waals surface area contributed by atoms with E-state index in [1.807, 2.05) is 0 Å². The second kappa shape index (κ2) is 3.84. The third kappa shape index (κ3) is 1.73. The van der Waals surface area contributed by atoms with Crippen LogP contribution in [0.25, 0.3) is 0 Å². The Morgan fingerprint density at radius 3 is 2.80 bits per heavy atom. The molecule has 3 heteroatoms. The summed E-state index contributed by atoms with van der Waals surface area (Å²) in [7, 11) is 0. The van der Waals surface area contributed by atoms with Crippen LogP contribution >= 0.6 is 0 Å². The van der Waals surface area contributed by atoms with Crippen molar-refractivity contribution in [3.8, 4) is 6.07 Å². The van der Waals surface area contributed by atoms with Crippen LogP contribution in [0.1, 0.15) is 44.9 Å². The van der Waals surface area contributed by atoms with Crippen LogP contribution in [-0.4, -0.2) is 11.1 Å². The van der Waals surface area contributed by atoms with Gasteiger partial charge < -0.3 is 5.11 Å². The smallest absolute Gasteiger partial charge is 0.306 e. The minimum absolute atomic E-state index is 0.279. The number of fused-ring (bicyclic) bond motifs is 1. The van der Waals surface area contributed by atoms with E-state index in [-0.39, 0.29) is 11.3 Å². The van der Waals surface area contributed by atoms with E-state index in [1.54, 1.807) is 0 Å². The van der Waals surface area contributed by atoms with E-state index in [2.05, 4.69) is 6.07 Å². The SMILES string of the molecule is N#CC12CCCCC1CCC(C(=O)O)C2. The van der Waals surface area contributed by atoms with Crippen molar-refractivity contribution in [2.24, 2.45) is 17.3 Å². The van der Waals surface area contributed by atoms with Crippen LogP contribution in [-0.2, 0) is 4.79 Å². The molecule has 3 atom stereocenters. The highest BCUT2D eigenvalue weighted by molar-refractivity contribution is 5.70. The molecular formula is C12H17NO2. The molecule has 0 aromatic carbocycles. The first-order chi connectivity index (χ1) is 7.18. The first kappa shape index (κ1) is 10.5. The summed E-state index contributed by atoms with van der Waals surface area (Å²) in [6, 6.07) is 2.44. The zero-order valence-corrected chi connectivity index (χ0v) is 8.91. The molecule has 0 aromatic heterocycles. The molecule has 2 saturated carbocycles. The van der Waals surface area contributed by atoms with Gasteiger partial charge in [-0.1, -0.05) is 12.8 Å². The fourth-order valence-corrected chi connectivity index (χ4v) is 3.35. The zero-order chi connectivity index (χ0) is 10.9. The van der Waals surface area contributed by atoms with E-state index in [0.717, 1.165) is 32.1 Å². The van der Waals surface area contributed by atoms with Gasteiger partial charge in [-0.15, -0.1) is 0 Å². The molecule has 0 aliphatic heterocycles. The summed E-state index contributed by atoms with van der Waals surface area (Å²) in [6.45, 7) is 0. The second-order valence-corrected chi connectivity index (χ2v) is 5.03. The molecule has 0 amide bonds. The fraction of sp³-hybridized carbons (Fsp3) is 0.833. The van der Waals surface area contributed by atoms with E-state index in [1.165, 1.54) is 6.42 Å². The predicted octanol–water partition coefficient (Wildman–Crippen LogP) is 2.57. The molecule has 3 unspecified atom stereocenters. The molecule has 0 heterocycles. The molecule has 3 nitrogen and oxygen atoms in total. The highest BCUT2D eigenvalue weighted by Crippen LogP contribution is 2.51. The molecule has 82 valence electrons. The monoisotopic (exact) mass is 207 g/mol. The Morgan fingerprint density at radius 1 is 1.33 bits per heavy atom. The number of carboxylic acid groups (broad SMARTS) is 1. The highest BCUT2D eigenvalue weighted by Gasteiger charge is 2.47. The van der Waals surface area contributed by atoms with Crippen LogP contribution in [0.2, 0.25) is 0 Å². The van der Waals surface area contributed by atoms with Crippen molar-refractivity contribution in [1.82, 2.24) is 0 Å². The summed E-state index contributed by atoms with van der Waals surface area (Å²) in [6.07, 6.45) is 6.64. The summed E-state index contributed by atoms with van der Waals surface area (Å²) >= 11 is 0. The quantitative estimate of drug-likeness (QED) is 0.718. The molecule has 0 aromatic rings. The fourth-order valence-electron chi connectivity index (χ4n) is 3.35. The first-order valence-corrected chi connectivity index (χ1v) is 5.82. The Bertz CT molecular complexity index is 307. The number of rotatable bonds is 1. The van der Waals surface area contributed by atoms with Crippen LogP contribution in [0.3, 0.4) is 0 Å². The second-order valence-electron chi connectivity index (χ2n) is 5.03. The Morgan fingerprint density at radius 2 is 2.13 bits per heavy atom. The van der Waals surface area contributed by atoms with E-state index < -0.39 is 5.97 Å². The van der Waals surface area contributed by atoms with Gasteiger partial charge in [-0.3, -0.25) is 4.79 Å². The van der Waals surface area contributed by atoms with Crippen molar-refractivity contribution in [2.75, 3.05) is 0 Å². The summed E-state index contributed by atoms with van der Waals surface area (Å²) in [5.41, 5.74) is -0.306. The Labute approximate surface area is 90.1 Å². The van der Waals surface area contributed by atoms with Gasteiger partial charge in [-0.25, -0.2) is 0 Å². The number of hydrogen-bond donors (Lipinski definition) is 1. The lowest BCUT2D eigenvalue weighted by Crippen LogP contribution is -2.40. The van der Waals surface area contributed by atoms with Gasteiger partial charge in [0.05, 0.1) is 17.4 Å². The number of nitriles is 1. The van der Waals surface area contributed by atoms with Gasteiger partial charge in [0, 0.05) is 0 Å². The summed E-state index contributed by atoms with van der Waals surface area (Å²) in [5, 5.41) is 18.4. The number of carbonyl (C=O) groups is 1. The summed E-state index contributed by atoms with van der Waals surface area (Å²) in [4.78, 5) is 11.0. The summed E-state index contributed by atoms with van der Waals surface area (Å²) in [5.74, 6) is -0.528. The normalized spacial score (nSPS) is 40.2. The molecule has 2 fully saturated rings. The van der Waals surface area contributed by atoms with Gasteiger partial charge in [-0.2, -0.15) is 5.26 Å². The molecule has 0 saturated heterocycles. The first-order valence-electron chi connectivity index (χ1n) is 5.82. The van der Waals surface area contributed by atoms with E-state index >= 15 is 0 Å². The number of nitrogens with zero attached hydrogens (tertiary/aromatic N) is 1. The van der Waals surface area contributed by atoms with Crippen LogP contribution < -0.4 is 0 Å². The molecular weight excluding hydrogens is 190 g/mol. The van der Waals surface area contributed by atoms with Crippen molar-refractivity contribution in [2.45, 2.75) is 44.9 Å². The molecule has 2 aliphatic carbocycles. The molecule has 0 spiro atoms. The average molecular weight is 207 g/mol. The highest BCUT2D eigenvalue weighted by atomic mass is 16.4. The van der Waals surface area contributed by atoms with Crippen molar-refractivity contribution in [1.29, 1.82) is 5.26 Å². The molecule has 2 rings (SSSR count). The molecule has 1 N–H and O–H groups in total.